The first-order valence-electron chi connectivity index (χ1n) is 6.69. The van der Waals surface area contributed by atoms with Crippen LogP contribution in [-0.4, -0.2) is 32.0 Å². The van der Waals surface area contributed by atoms with E-state index in [1.807, 2.05) is 30.3 Å². The van der Waals surface area contributed by atoms with Crippen molar-refractivity contribution in [3.05, 3.63) is 42.2 Å². The van der Waals surface area contributed by atoms with Crippen molar-refractivity contribution in [2.24, 2.45) is 7.05 Å². The summed E-state index contributed by atoms with van der Waals surface area (Å²) in [5, 5.41) is 12.7. The summed E-state index contributed by atoms with van der Waals surface area (Å²) in [6, 6.07) is 8.96. The van der Waals surface area contributed by atoms with E-state index in [2.05, 4.69) is 20.8 Å². The van der Waals surface area contributed by atoms with Crippen LogP contribution >= 0.6 is 11.8 Å². The van der Waals surface area contributed by atoms with Crippen LogP contribution in [0.3, 0.4) is 0 Å². The van der Waals surface area contributed by atoms with Crippen molar-refractivity contribution in [1.82, 2.24) is 25.4 Å². The number of hydrogen-bond donors (Lipinski definition) is 2. The number of benzene rings is 1. The smallest absolute Gasteiger partial charge is 0.321 e. The fourth-order valence-electron chi connectivity index (χ4n) is 1.63. The van der Waals surface area contributed by atoms with Crippen molar-refractivity contribution in [3.8, 4) is 0 Å². The SMILES string of the molecule is CC(Sc1nncn1C)C(=O)NC(=O)NCc1ccccc1. The second-order valence-electron chi connectivity index (χ2n) is 4.64. The molecular formula is C14H17N5O2S. The van der Waals surface area contributed by atoms with Crippen molar-refractivity contribution < 1.29 is 9.59 Å². The van der Waals surface area contributed by atoms with Crippen molar-refractivity contribution in [1.29, 1.82) is 0 Å². The van der Waals surface area contributed by atoms with Crippen LogP contribution in [0.25, 0.3) is 0 Å². The summed E-state index contributed by atoms with van der Waals surface area (Å²) in [5.74, 6) is -0.376. The first-order chi connectivity index (χ1) is 10.6. The summed E-state index contributed by atoms with van der Waals surface area (Å²) in [4.78, 5) is 23.7. The average Bonchev–Trinajstić information content (AvgIpc) is 2.91. The molecule has 22 heavy (non-hydrogen) atoms. The highest BCUT2D eigenvalue weighted by molar-refractivity contribution is 8.00. The quantitative estimate of drug-likeness (QED) is 0.812. The molecule has 0 saturated carbocycles. The van der Waals surface area contributed by atoms with Gasteiger partial charge in [0.1, 0.15) is 6.33 Å². The molecule has 1 heterocycles. The van der Waals surface area contributed by atoms with E-state index in [4.69, 9.17) is 0 Å². The second-order valence-corrected chi connectivity index (χ2v) is 5.95. The summed E-state index contributed by atoms with van der Waals surface area (Å²) < 4.78 is 1.71. The number of rotatable bonds is 5. The molecule has 0 saturated heterocycles. The molecule has 2 aromatic rings. The predicted molar refractivity (Wildman–Crippen MR) is 83.1 cm³/mol. The molecule has 0 fully saturated rings. The van der Waals surface area contributed by atoms with E-state index in [1.54, 1.807) is 24.9 Å². The summed E-state index contributed by atoms with van der Waals surface area (Å²) in [7, 11) is 1.79. The van der Waals surface area contributed by atoms with Gasteiger partial charge in [0.15, 0.2) is 5.16 Å². The number of aryl methyl sites for hydroxylation is 1. The van der Waals surface area contributed by atoms with E-state index < -0.39 is 11.3 Å². The number of carbonyl (C=O) groups excluding carboxylic acids is 2. The van der Waals surface area contributed by atoms with Gasteiger partial charge in [0, 0.05) is 13.6 Å². The van der Waals surface area contributed by atoms with Crippen LogP contribution in [0, 0.1) is 0 Å². The minimum atomic E-state index is -0.515. The molecule has 3 amide bonds. The molecule has 1 atom stereocenters. The number of nitrogens with one attached hydrogen (secondary N) is 2. The van der Waals surface area contributed by atoms with Gasteiger partial charge in [-0.2, -0.15) is 0 Å². The maximum atomic E-state index is 12.0. The van der Waals surface area contributed by atoms with E-state index >= 15 is 0 Å². The standard InChI is InChI=1S/C14H17N5O2S/c1-10(22-14-18-16-9-19(14)2)12(20)17-13(21)15-8-11-6-4-3-5-7-11/h3-7,9-10H,8H2,1-2H3,(H2,15,17,20,21). The number of nitrogens with zero attached hydrogens (tertiary/aromatic N) is 3. The van der Waals surface area contributed by atoms with Gasteiger partial charge in [-0.1, -0.05) is 42.1 Å². The van der Waals surface area contributed by atoms with E-state index in [9.17, 15) is 9.59 Å². The lowest BCUT2D eigenvalue weighted by molar-refractivity contribution is -0.119. The molecule has 0 aliphatic carbocycles. The second kappa shape index (κ2) is 7.60. The van der Waals surface area contributed by atoms with Crippen LogP contribution in [0.1, 0.15) is 12.5 Å². The molecule has 0 aliphatic rings. The van der Waals surface area contributed by atoms with Gasteiger partial charge >= 0.3 is 6.03 Å². The number of thioether (sulfide) groups is 1. The number of carbonyl (C=O) groups is 2. The minimum absolute atomic E-state index is 0.366. The largest absolute Gasteiger partial charge is 0.334 e. The first kappa shape index (κ1) is 16.0. The van der Waals surface area contributed by atoms with Gasteiger partial charge in [0.25, 0.3) is 0 Å². The molecule has 116 valence electrons. The van der Waals surface area contributed by atoms with E-state index in [-0.39, 0.29) is 5.91 Å². The summed E-state index contributed by atoms with van der Waals surface area (Å²) in [6.45, 7) is 2.07. The molecule has 8 heteroatoms. The Morgan fingerprint density at radius 2 is 2.05 bits per heavy atom. The Morgan fingerprint density at radius 3 is 2.68 bits per heavy atom. The first-order valence-corrected chi connectivity index (χ1v) is 7.57. The Balaban J connectivity index is 1.78. The monoisotopic (exact) mass is 319 g/mol. The number of aromatic nitrogens is 3. The van der Waals surface area contributed by atoms with Crippen molar-refractivity contribution in [3.63, 3.8) is 0 Å². The van der Waals surface area contributed by atoms with Crippen LogP contribution in [0.15, 0.2) is 41.8 Å². The summed E-state index contributed by atoms with van der Waals surface area (Å²) in [6.07, 6.45) is 1.56. The zero-order chi connectivity index (χ0) is 15.9. The van der Waals surface area contributed by atoms with Crippen LogP contribution in [0.4, 0.5) is 4.79 Å². The molecule has 0 radical (unpaired) electrons. The fraction of sp³-hybridized carbons (Fsp3) is 0.286. The third-order valence-corrected chi connectivity index (χ3v) is 4.00. The number of hydrogen-bond acceptors (Lipinski definition) is 5. The molecular weight excluding hydrogens is 302 g/mol. The lowest BCUT2D eigenvalue weighted by Crippen LogP contribution is -2.42. The molecule has 1 unspecified atom stereocenters. The molecule has 0 spiro atoms. The average molecular weight is 319 g/mol. The zero-order valence-corrected chi connectivity index (χ0v) is 13.1. The molecule has 0 bridgehead atoms. The molecule has 0 aliphatic heterocycles. The minimum Gasteiger partial charge on any atom is -0.334 e. The Morgan fingerprint density at radius 1 is 1.32 bits per heavy atom. The van der Waals surface area contributed by atoms with E-state index in [1.165, 1.54) is 11.8 Å². The molecule has 1 aromatic carbocycles. The van der Waals surface area contributed by atoms with Gasteiger partial charge in [-0.05, 0) is 12.5 Å². The lowest BCUT2D eigenvalue weighted by atomic mass is 10.2. The maximum absolute atomic E-state index is 12.0. The Kier molecular flexibility index (Phi) is 5.54. The Hall–Kier alpha value is -2.35. The normalized spacial score (nSPS) is 11.7. The van der Waals surface area contributed by atoms with E-state index in [0.717, 1.165) is 5.56 Å². The Labute approximate surface area is 132 Å². The lowest BCUT2D eigenvalue weighted by Gasteiger charge is -2.11. The van der Waals surface area contributed by atoms with Gasteiger partial charge in [-0.3, -0.25) is 10.1 Å². The highest BCUT2D eigenvalue weighted by atomic mass is 32.2. The highest BCUT2D eigenvalue weighted by Gasteiger charge is 2.19. The van der Waals surface area contributed by atoms with Gasteiger partial charge < -0.3 is 9.88 Å². The van der Waals surface area contributed by atoms with Gasteiger partial charge in [0.05, 0.1) is 5.25 Å². The van der Waals surface area contributed by atoms with Crippen molar-refractivity contribution in [2.45, 2.75) is 23.9 Å². The predicted octanol–water partition coefficient (Wildman–Crippen LogP) is 1.32. The molecule has 2 rings (SSSR count). The van der Waals surface area contributed by atoms with Crippen molar-refractivity contribution in [2.75, 3.05) is 0 Å². The van der Waals surface area contributed by atoms with Crippen LogP contribution in [0.5, 0.6) is 0 Å². The van der Waals surface area contributed by atoms with Crippen LogP contribution < -0.4 is 10.6 Å². The Bertz CT molecular complexity index is 644. The van der Waals surface area contributed by atoms with Gasteiger partial charge in [-0.25, -0.2) is 4.79 Å². The van der Waals surface area contributed by atoms with Gasteiger partial charge in [-0.15, -0.1) is 10.2 Å². The zero-order valence-electron chi connectivity index (χ0n) is 12.3. The topological polar surface area (TPSA) is 88.9 Å². The summed E-state index contributed by atoms with van der Waals surface area (Å²) >= 11 is 1.24. The fourth-order valence-corrected chi connectivity index (χ4v) is 2.42. The van der Waals surface area contributed by atoms with Crippen LogP contribution in [0.2, 0.25) is 0 Å². The molecule has 2 N–H and O–H groups in total. The highest BCUT2D eigenvalue weighted by Crippen LogP contribution is 2.19. The number of imide groups is 1. The third kappa shape index (κ3) is 4.59. The van der Waals surface area contributed by atoms with E-state index in [0.29, 0.717) is 11.7 Å². The number of amides is 3. The molecule has 1 aromatic heterocycles. The molecule has 7 nitrogen and oxygen atoms in total. The van der Waals surface area contributed by atoms with Crippen molar-refractivity contribution >= 4 is 23.7 Å². The maximum Gasteiger partial charge on any atom is 0.321 e. The van der Waals surface area contributed by atoms with Crippen LogP contribution in [-0.2, 0) is 18.4 Å². The van der Waals surface area contributed by atoms with Gasteiger partial charge in [0.2, 0.25) is 5.91 Å². The summed E-state index contributed by atoms with van der Waals surface area (Å²) in [5.41, 5.74) is 0.964. The number of urea groups is 1. The third-order valence-electron chi connectivity index (χ3n) is 2.85.